The van der Waals surface area contributed by atoms with E-state index >= 15 is 0 Å². The lowest BCUT2D eigenvalue weighted by atomic mass is 10.1. The highest BCUT2D eigenvalue weighted by Crippen LogP contribution is 2.18. The van der Waals surface area contributed by atoms with Gasteiger partial charge in [-0.1, -0.05) is 0 Å². The second-order valence-corrected chi connectivity index (χ2v) is 3.85. The van der Waals surface area contributed by atoms with E-state index in [2.05, 4.69) is 5.32 Å². The van der Waals surface area contributed by atoms with E-state index in [1.165, 1.54) is 12.1 Å². The van der Waals surface area contributed by atoms with Crippen LogP contribution in [0.4, 0.5) is 5.69 Å². The quantitative estimate of drug-likeness (QED) is 0.504. The predicted molar refractivity (Wildman–Crippen MR) is 69.6 cm³/mol. The summed E-state index contributed by atoms with van der Waals surface area (Å²) in [5, 5.41) is 11.6. The summed E-state index contributed by atoms with van der Waals surface area (Å²) < 4.78 is 5.26. The molecular formula is C12H17N3O4. The van der Waals surface area contributed by atoms with Gasteiger partial charge >= 0.3 is 0 Å². The van der Waals surface area contributed by atoms with Crippen molar-refractivity contribution in [3.8, 4) is 5.75 Å². The Bertz CT molecular complexity index is 476. The van der Waals surface area contributed by atoms with Crippen molar-refractivity contribution in [1.82, 2.24) is 5.32 Å². The van der Waals surface area contributed by atoms with Crippen LogP contribution in [0.15, 0.2) is 18.2 Å². The molecule has 104 valence electrons. The topological polar surface area (TPSA) is 128 Å². The number of benzene rings is 1. The number of primary amides is 1. The number of aliphatic hydroxyl groups excluding tert-OH is 1. The number of nitrogens with one attached hydrogen (secondary N) is 1. The SMILES string of the molecule is CCOc1cc(N)cc(C(=O)NCC(O)C(N)=O)c1. The Morgan fingerprint density at radius 2 is 2.11 bits per heavy atom. The predicted octanol–water partition coefficient (Wildman–Crippen LogP) is -0.756. The van der Waals surface area contributed by atoms with Crippen molar-refractivity contribution in [2.75, 3.05) is 18.9 Å². The molecule has 6 N–H and O–H groups in total. The van der Waals surface area contributed by atoms with Gasteiger partial charge in [-0.15, -0.1) is 0 Å². The largest absolute Gasteiger partial charge is 0.494 e. The minimum Gasteiger partial charge on any atom is -0.494 e. The Kier molecular flexibility index (Phi) is 5.13. The number of rotatable bonds is 6. The van der Waals surface area contributed by atoms with E-state index in [0.717, 1.165) is 0 Å². The Balaban J connectivity index is 2.73. The lowest BCUT2D eigenvalue weighted by molar-refractivity contribution is -0.125. The first-order chi connectivity index (χ1) is 8.93. The molecule has 2 amide bonds. The summed E-state index contributed by atoms with van der Waals surface area (Å²) in [6.07, 6.45) is -1.42. The number of carbonyl (C=O) groups is 2. The van der Waals surface area contributed by atoms with E-state index in [9.17, 15) is 14.7 Å². The first-order valence-corrected chi connectivity index (χ1v) is 5.73. The van der Waals surface area contributed by atoms with E-state index in [1.807, 2.05) is 6.92 Å². The highest BCUT2D eigenvalue weighted by Gasteiger charge is 2.14. The molecule has 1 aromatic rings. The molecule has 1 aromatic carbocycles. The minimum atomic E-state index is -1.42. The highest BCUT2D eigenvalue weighted by atomic mass is 16.5. The Hall–Kier alpha value is -2.28. The zero-order chi connectivity index (χ0) is 14.4. The Morgan fingerprint density at radius 1 is 1.42 bits per heavy atom. The maximum absolute atomic E-state index is 11.8. The lowest BCUT2D eigenvalue weighted by Gasteiger charge is -2.10. The van der Waals surface area contributed by atoms with Gasteiger partial charge in [0, 0.05) is 17.3 Å². The van der Waals surface area contributed by atoms with Crippen molar-refractivity contribution < 1.29 is 19.4 Å². The van der Waals surface area contributed by atoms with Crippen molar-refractivity contribution >= 4 is 17.5 Å². The van der Waals surface area contributed by atoms with Crippen LogP contribution >= 0.6 is 0 Å². The second-order valence-electron chi connectivity index (χ2n) is 3.85. The zero-order valence-electron chi connectivity index (χ0n) is 10.6. The van der Waals surface area contributed by atoms with Crippen LogP contribution < -0.4 is 21.5 Å². The van der Waals surface area contributed by atoms with Crippen molar-refractivity contribution in [2.24, 2.45) is 5.73 Å². The summed E-state index contributed by atoms with van der Waals surface area (Å²) in [5.41, 5.74) is 11.2. The van der Waals surface area contributed by atoms with Crippen LogP contribution in [-0.2, 0) is 4.79 Å². The standard InChI is InChI=1S/C12H17N3O4/c1-2-19-9-4-7(3-8(13)5-9)12(18)15-6-10(16)11(14)17/h3-5,10,16H,2,6,13H2,1H3,(H2,14,17)(H,15,18). The van der Waals surface area contributed by atoms with Gasteiger partial charge in [0.25, 0.3) is 5.91 Å². The van der Waals surface area contributed by atoms with Crippen LogP contribution in [0.2, 0.25) is 0 Å². The molecule has 0 aliphatic rings. The average Bonchev–Trinajstić information content (AvgIpc) is 2.35. The fourth-order valence-electron chi connectivity index (χ4n) is 1.40. The van der Waals surface area contributed by atoms with Crippen molar-refractivity contribution in [2.45, 2.75) is 13.0 Å². The smallest absolute Gasteiger partial charge is 0.251 e. The van der Waals surface area contributed by atoms with Gasteiger partial charge in [0.15, 0.2) is 0 Å². The van der Waals surface area contributed by atoms with E-state index in [4.69, 9.17) is 16.2 Å². The van der Waals surface area contributed by atoms with E-state index in [1.54, 1.807) is 6.07 Å². The highest BCUT2D eigenvalue weighted by molar-refractivity contribution is 5.95. The molecule has 1 atom stereocenters. The summed E-state index contributed by atoms with van der Waals surface area (Å²) in [7, 11) is 0. The molecule has 0 aromatic heterocycles. The monoisotopic (exact) mass is 267 g/mol. The lowest BCUT2D eigenvalue weighted by Crippen LogP contribution is -2.40. The molecule has 1 rings (SSSR count). The van der Waals surface area contributed by atoms with Gasteiger partial charge in [0.05, 0.1) is 13.2 Å². The van der Waals surface area contributed by atoms with Crippen molar-refractivity contribution in [1.29, 1.82) is 0 Å². The van der Waals surface area contributed by atoms with Gasteiger partial charge in [-0.3, -0.25) is 9.59 Å². The van der Waals surface area contributed by atoms with Crippen LogP contribution in [-0.4, -0.2) is 36.2 Å². The summed E-state index contributed by atoms with van der Waals surface area (Å²) in [4.78, 5) is 22.4. The fraction of sp³-hybridized carbons (Fsp3) is 0.333. The normalized spacial score (nSPS) is 11.7. The maximum atomic E-state index is 11.8. The third-order valence-corrected chi connectivity index (χ3v) is 2.29. The molecule has 0 heterocycles. The maximum Gasteiger partial charge on any atom is 0.251 e. The summed E-state index contributed by atoms with van der Waals surface area (Å²) >= 11 is 0. The van der Waals surface area contributed by atoms with E-state index in [-0.39, 0.29) is 12.1 Å². The van der Waals surface area contributed by atoms with Gasteiger partial charge < -0.3 is 26.6 Å². The van der Waals surface area contributed by atoms with Gasteiger partial charge in [-0.05, 0) is 19.1 Å². The second kappa shape index (κ2) is 6.60. The van der Waals surface area contributed by atoms with E-state index in [0.29, 0.717) is 18.0 Å². The molecular weight excluding hydrogens is 250 g/mol. The zero-order valence-corrected chi connectivity index (χ0v) is 10.6. The summed E-state index contributed by atoms with van der Waals surface area (Å²) in [6, 6.07) is 4.58. The number of nitrogens with two attached hydrogens (primary N) is 2. The number of amides is 2. The fourth-order valence-corrected chi connectivity index (χ4v) is 1.40. The number of carbonyl (C=O) groups excluding carboxylic acids is 2. The number of anilines is 1. The molecule has 0 fully saturated rings. The van der Waals surface area contributed by atoms with Gasteiger partial charge in [-0.2, -0.15) is 0 Å². The summed E-state index contributed by atoms with van der Waals surface area (Å²) in [6.45, 7) is 2.00. The number of hydrogen-bond donors (Lipinski definition) is 4. The molecule has 7 heteroatoms. The van der Waals surface area contributed by atoms with Gasteiger partial charge in [-0.25, -0.2) is 0 Å². The summed E-state index contributed by atoms with van der Waals surface area (Å²) in [5.74, 6) is -0.903. The van der Waals surface area contributed by atoms with Crippen LogP contribution in [0.3, 0.4) is 0 Å². The molecule has 0 spiro atoms. The first kappa shape index (κ1) is 14.8. The number of ether oxygens (including phenoxy) is 1. The molecule has 1 unspecified atom stereocenters. The molecule has 0 aliphatic carbocycles. The Labute approximate surface area is 110 Å². The minimum absolute atomic E-state index is 0.257. The van der Waals surface area contributed by atoms with Gasteiger partial charge in [0.2, 0.25) is 5.91 Å². The number of hydrogen-bond acceptors (Lipinski definition) is 5. The van der Waals surface area contributed by atoms with Crippen LogP contribution in [0.1, 0.15) is 17.3 Å². The number of aliphatic hydroxyl groups is 1. The van der Waals surface area contributed by atoms with Crippen LogP contribution in [0.25, 0.3) is 0 Å². The van der Waals surface area contributed by atoms with Crippen LogP contribution in [0, 0.1) is 0 Å². The van der Waals surface area contributed by atoms with E-state index < -0.39 is 17.9 Å². The molecule has 0 radical (unpaired) electrons. The first-order valence-electron chi connectivity index (χ1n) is 5.73. The van der Waals surface area contributed by atoms with Crippen LogP contribution in [0.5, 0.6) is 5.75 Å². The van der Waals surface area contributed by atoms with Crippen molar-refractivity contribution in [3.63, 3.8) is 0 Å². The van der Waals surface area contributed by atoms with Crippen molar-refractivity contribution in [3.05, 3.63) is 23.8 Å². The van der Waals surface area contributed by atoms with Gasteiger partial charge in [0.1, 0.15) is 11.9 Å². The average molecular weight is 267 g/mol. The third kappa shape index (κ3) is 4.47. The molecule has 0 saturated carbocycles. The molecule has 0 bridgehead atoms. The molecule has 0 aliphatic heterocycles. The third-order valence-electron chi connectivity index (χ3n) is 2.29. The Morgan fingerprint density at radius 3 is 2.68 bits per heavy atom. The molecule has 19 heavy (non-hydrogen) atoms. The molecule has 7 nitrogen and oxygen atoms in total. The molecule has 0 saturated heterocycles. The number of nitrogen functional groups attached to an aromatic ring is 1.